The second kappa shape index (κ2) is 7.87. The molecule has 0 bridgehead atoms. The molecule has 2 atom stereocenters. The number of ether oxygens (including phenoxy) is 2. The van der Waals surface area contributed by atoms with E-state index in [-0.39, 0.29) is 31.7 Å². The van der Waals surface area contributed by atoms with Gasteiger partial charge in [-0.05, 0) is 12.5 Å². The number of carbonyl (C=O) groups is 2. The molecule has 0 radical (unpaired) electrons. The van der Waals surface area contributed by atoms with Crippen molar-refractivity contribution in [3.63, 3.8) is 0 Å². The Hall–Kier alpha value is -1.97. The number of hydrogen-bond donors (Lipinski definition) is 3. The van der Waals surface area contributed by atoms with E-state index < -0.39 is 18.7 Å². The molecule has 122 valence electrons. The molecule has 0 aliphatic carbocycles. The molecule has 1 amide bonds. The summed E-state index contributed by atoms with van der Waals surface area (Å²) in [5.41, 5.74) is 0.331. The molecular formula is C13H19N3O6. The van der Waals surface area contributed by atoms with E-state index in [4.69, 9.17) is 19.7 Å². The number of aliphatic hydroxyl groups excluding tert-OH is 1. The van der Waals surface area contributed by atoms with Crippen molar-refractivity contribution in [2.24, 2.45) is 0 Å². The number of hydrogen-bond acceptors (Lipinski definition) is 6. The number of amides is 1. The Balaban J connectivity index is 1.98. The van der Waals surface area contributed by atoms with E-state index >= 15 is 0 Å². The first-order valence-electron chi connectivity index (χ1n) is 6.96. The Morgan fingerprint density at radius 2 is 2.36 bits per heavy atom. The fourth-order valence-electron chi connectivity index (χ4n) is 2.26. The second-order valence-corrected chi connectivity index (χ2v) is 4.85. The maximum atomic E-state index is 12.3. The van der Waals surface area contributed by atoms with Crippen molar-refractivity contribution in [1.29, 1.82) is 0 Å². The lowest BCUT2D eigenvalue weighted by molar-refractivity contribution is -0.148. The molecule has 0 unspecified atom stereocenters. The first-order chi connectivity index (χ1) is 10.6. The van der Waals surface area contributed by atoms with E-state index in [0.29, 0.717) is 18.7 Å². The van der Waals surface area contributed by atoms with Gasteiger partial charge in [-0.3, -0.25) is 9.48 Å². The average Bonchev–Trinajstić information content (AvgIpc) is 2.95. The average molecular weight is 313 g/mol. The van der Waals surface area contributed by atoms with Gasteiger partial charge in [-0.15, -0.1) is 0 Å². The summed E-state index contributed by atoms with van der Waals surface area (Å²) in [4.78, 5) is 22.9. The quantitative estimate of drug-likeness (QED) is 0.581. The number of carbonyl (C=O) groups excluding carboxylic acids is 1. The second-order valence-electron chi connectivity index (χ2n) is 4.85. The lowest BCUT2D eigenvalue weighted by Gasteiger charge is -2.31. The Bertz CT molecular complexity index is 518. The number of carboxylic acid groups (broad SMARTS) is 1. The highest BCUT2D eigenvalue weighted by molar-refractivity contribution is 5.92. The van der Waals surface area contributed by atoms with E-state index in [0.717, 1.165) is 0 Å². The van der Waals surface area contributed by atoms with E-state index in [2.05, 4.69) is 10.4 Å². The number of nitrogens with one attached hydrogen (secondary N) is 1. The fraction of sp³-hybridized carbons (Fsp3) is 0.615. The molecule has 22 heavy (non-hydrogen) atoms. The van der Waals surface area contributed by atoms with E-state index in [9.17, 15) is 9.59 Å². The Morgan fingerprint density at radius 1 is 1.55 bits per heavy atom. The summed E-state index contributed by atoms with van der Waals surface area (Å²) in [5, 5.41) is 24.4. The van der Waals surface area contributed by atoms with Crippen LogP contribution in [0.25, 0.3) is 0 Å². The predicted molar refractivity (Wildman–Crippen MR) is 73.4 cm³/mol. The molecular weight excluding hydrogens is 294 g/mol. The van der Waals surface area contributed by atoms with Gasteiger partial charge in [0.25, 0.3) is 5.91 Å². The monoisotopic (exact) mass is 313 g/mol. The molecule has 0 spiro atoms. The molecule has 3 N–H and O–H groups in total. The summed E-state index contributed by atoms with van der Waals surface area (Å²) in [6, 6.07) is 1.22. The summed E-state index contributed by atoms with van der Waals surface area (Å²) < 4.78 is 11.9. The van der Waals surface area contributed by atoms with Gasteiger partial charge in [0.15, 0.2) is 0 Å². The van der Waals surface area contributed by atoms with Gasteiger partial charge in [-0.25, -0.2) is 4.79 Å². The number of aliphatic carboxylic acids is 1. The Kier molecular flexibility index (Phi) is 5.87. The topological polar surface area (TPSA) is 123 Å². The van der Waals surface area contributed by atoms with Crippen LogP contribution in [0.15, 0.2) is 12.3 Å². The van der Waals surface area contributed by atoms with Crippen LogP contribution in [-0.4, -0.2) is 70.4 Å². The fourth-order valence-corrected chi connectivity index (χ4v) is 2.26. The molecule has 1 fully saturated rings. The maximum absolute atomic E-state index is 12.3. The van der Waals surface area contributed by atoms with Crippen LogP contribution in [0, 0.1) is 0 Å². The Labute approximate surface area is 126 Å². The third kappa shape index (κ3) is 4.26. The van der Waals surface area contributed by atoms with E-state index in [1.54, 1.807) is 6.07 Å². The van der Waals surface area contributed by atoms with Gasteiger partial charge in [-0.2, -0.15) is 5.10 Å². The molecule has 1 aromatic rings. The SMILES string of the molecule is O=C(O)CO[C@@H]1COCC[C@H]1NC(=O)c1ccnn1CCO. The predicted octanol–water partition coefficient (Wildman–Crippen LogP) is -1.14. The number of rotatable bonds is 7. The number of nitrogens with zero attached hydrogens (tertiary/aromatic N) is 2. The molecule has 2 heterocycles. The summed E-state index contributed by atoms with van der Waals surface area (Å²) in [6.07, 6.45) is 1.50. The molecule has 0 aromatic carbocycles. The van der Waals surface area contributed by atoms with E-state index in [1.807, 2.05) is 0 Å². The first-order valence-corrected chi connectivity index (χ1v) is 6.96. The largest absolute Gasteiger partial charge is 0.480 e. The van der Waals surface area contributed by atoms with Gasteiger partial charge in [0, 0.05) is 12.8 Å². The Morgan fingerprint density at radius 3 is 3.09 bits per heavy atom. The first kappa shape index (κ1) is 16.4. The van der Waals surface area contributed by atoms with Crippen molar-refractivity contribution in [2.45, 2.75) is 25.1 Å². The zero-order chi connectivity index (χ0) is 15.9. The third-order valence-corrected chi connectivity index (χ3v) is 3.30. The van der Waals surface area contributed by atoms with Crippen LogP contribution in [-0.2, 0) is 20.8 Å². The molecule has 0 saturated carbocycles. The maximum Gasteiger partial charge on any atom is 0.329 e. The lowest BCUT2D eigenvalue weighted by Crippen LogP contribution is -2.50. The number of aromatic nitrogens is 2. The minimum atomic E-state index is -1.07. The van der Waals surface area contributed by atoms with Crippen LogP contribution in [0.2, 0.25) is 0 Å². The standard InChI is InChI=1S/C13H19N3O6/c17-5-4-16-10(1-3-14-16)13(20)15-9-2-6-21-7-11(9)22-8-12(18)19/h1,3,9,11,17H,2,4-8H2,(H,15,20)(H,18,19)/t9-,11-/m1/s1. The summed E-state index contributed by atoms with van der Waals surface area (Å²) >= 11 is 0. The summed E-state index contributed by atoms with van der Waals surface area (Å²) in [7, 11) is 0. The summed E-state index contributed by atoms with van der Waals surface area (Å²) in [6.45, 7) is 0.358. The van der Waals surface area contributed by atoms with Crippen molar-refractivity contribution in [3.05, 3.63) is 18.0 Å². The zero-order valence-corrected chi connectivity index (χ0v) is 12.0. The van der Waals surface area contributed by atoms with Gasteiger partial charge >= 0.3 is 5.97 Å². The van der Waals surface area contributed by atoms with Crippen LogP contribution in [0.1, 0.15) is 16.9 Å². The molecule has 9 heteroatoms. The highest BCUT2D eigenvalue weighted by atomic mass is 16.5. The third-order valence-electron chi connectivity index (χ3n) is 3.30. The molecule has 2 rings (SSSR count). The van der Waals surface area contributed by atoms with Crippen LogP contribution < -0.4 is 5.32 Å². The number of aliphatic hydroxyl groups is 1. The zero-order valence-electron chi connectivity index (χ0n) is 12.0. The number of carboxylic acids is 1. The highest BCUT2D eigenvalue weighted by Crippen LogP contribution is 2.12. The van der Waals surface area contributed by atoms with Crippen molar-refractivity contribution < 1.29 is 29.3 Å². The van der Waals surface area contributed by atoms with Crippen molar-refractivity contribution in [2.75, 3.05) is 26.4 Å². The highest BCUT2D eigenvalue weighted by Gasteiger charge is 2.29. The van der Waals surface area contributed by atoms with Gasteiger partial charge < -0.3 is 25.0 Å². The van der Waals surface area contributed by atoms with Gasteiger partial charge in [0.05, 0.1) is 25.8 Å². The van der Waals surface area contributed by atoms with Crippen molar-refractivity contribution >= 4 is 11.9 Å². The van der Waals surface area contributed by atoms with Crippen molar-refractivity contribution in [1.82, 2.24) is 15.1 Å². The minimum absolute atomic E-state index is 0.121. The molecule has 1 aromatic heterocycles. The van der Waals surface area contributed by atoms with Crippen molar-refractivity contribution in [3.8, 4) is 0 Å². The normalized spacial score (nSPS) is 21.5. The van der Waals surface area contributed by atoms with Crippen LogP contribution >= 0.6 is 0 Å². The van der Waals surface area contributed by atoms with Gasteiger partial charge in [-0.1, -0.05) is 0 Å². The molecule has 9 nitrogen and oxygen atoms in total. The van der Waals surface area contributed by atoms with Gasteiger partial charge in [0.2, 0.25) is 0 Å². The minimum Gasteiger partial charge on any atom is -0.480 e. The van der Waals surface area contributed by atoms with Gasteiger partial charge in [0.1, 0.15) is 18.4 Å². The van der Waals surface area contributed by atoms with Crippen LogP contribution in [0.4, 0.5) is 0 Å². The lowest BCUT2D eigenvalue weighted by atomic mass is 10.1. The smallest absolute Gasteiger partial charge is 0.329 e. The molecule has 1 saturated heterocycles. The summed E-state index contributed by atoms with van der Waals surface area (Å²) in [5.74, 6) is -1.42. The van der Waals surface area contributed by atoms with Crippen LogP contribution in [0.3, 0.4) is 0 Å². The molecule has 1 aliphatic heterocycles. The van der Waals surface area contributed by atoms with E-state index in [1.165, 1.54) is 10.9 Å². The molecule has 1 aliphatic rings. The van der Waals surface area contributed by atoms with Crippen LogP contribution in [0.5, 0.6) is 0 Å².